The van der Waals surface area contributed by atoms with E-state index < -0.39 is 0 Å². The fourth-order valence-corrected chi connectivity index (χ4v) is 1.72. The molecule has 0 aromatic heterocycles. The molecule has 1 saturated heterocycles. The predicted octanol–water partition coefficient (Wildman–Crippen LogP) is 0.724. The molecule has 0 atom stereocenters. The second-order valence-electron chi connectivity index (χ2n) is 3.62. The van der Waals surface area contributed by atoms with Crippen molar-refractivity contribution in [3.05, 3.63) is 0 Å². The van der Waals surface area contributed by atoms with Crippen molar-refractivity contribution in [2.24, 2.45) is 11.1 Å². The van der Waals surface area contributed by atoms with Gasteiger partial charge in [-0.05, 0) is 19.8 Å². The zero-order valence-electron chi connectivity index (χ0n) is 8.64. The number of carbonyl (C=O) groups excluding carboxylic acids is 1. The van der Waals surface area contributed by atoms with Gasteiger partial charge in [0.2, 0.25) is 0 Å². The van der Waals surface area contributed by atoms with Crippen LogP contribution in [0.1, 0.15) is 26.2 Å². The Morgan fingerprint density at radius 1 is 1.50 bits per heavy atom. The fraction of sp³-hybridized carbons (Fsp3) is 0.727. The first-order chi connectivity index (χ1) is 6.75. The molecule has 0 spiro atoms. The number of hydrogen-bond donors (Lipinski definition) is 1. The van der Waals surface area contributed by atoms with Crippen molar-refractivity contribution in [1.82, 2.24) is 0 Å². The van der Waals surface area contributed by atoms with Gasteiger partial charge < -0.3 is 10.5 Å². The van der Waals surface area contributed by atoms with E-state index in [0.717, 1.165) is 12.8 Å². The van der Waals surface area contributed by atoms with E-state index in [2.05, 4.69) is 11.8 Å². The minimum absolute atomic E-state index is 0.178. The first-order valence-corrected chi connectivity index (χ1v) is 4.96. The second kappa shape index (κ2) is 5.14. The topological polar surface area (TPSA) is 52.3 Å². The number of carbonyl (C=O) groups is 1. The predicted molar refractivity (Wildman–Crippen MR) is 54.6 cm³/mol. The summed E-state index contributed by atoms with van der Waals surface area (Å²) < 4.78 is 5.24. The fourth-order valence-electron chi connectivity index (χ4n) is 1.72. The molecule has 1 rings (SSSR count). The molecule has 0 saturated carbocycles. The molecule has 14 heavy (non-hydrogen) atoms. The second-order valence-corrected chi connectivity index (χ2v) is 3.62. The molecule has 0 radical (unpaired) electrons. The lowest BCUT2D eigenvalue weighted by Gasteiger charge is -2.34. The average molecular weight is 195 g/mol. The summed E-state index contributed by atoms with van der Waals surface area (Å²) in [4.78, 5) is 11.9. The lowest BCUT2D eigenvalue weighted by molar-refractivity contribution is -0.132. The van der Waals surface area contributed by atoms with Gasteiger partial charge in [-0.25, -0.2) is 0 Å². The average Bonchev–Trinajstić information content (AvgIpc) is 2.26. The summed E-state index contributed by atoms with van der Waals surface area (Å²) in [6.45, 7) is 3.44. The van der Waals surface area contributed by atoms with Crippen LogP contribution in [0.2, 0.25) is 0 Å². The van der Waals surface area contributed by atoms with Crippen molar-refractivity contribution < 1.29 is 9.53 Å². The first kappa shape index (κ1) is 11.2. The Kier molecular flexibility index (Phi) is 4.12. The molecule has 0 bridgehead atoms. The highest BCUT2D eigenvalue weighted by atomic mass is 16.5. The van der Waals surface area contributed by atoms with Crippen LogP contribution in [-0.4, -0.2) is 25.5 Å². The van der Waals surface area contributed by atoms with Gasteiger partial charge in [-0.15, -0.1) is 5.92 Å². The van der Waals surface area contributed by atoms with E-state index >= 15 is 0 Å². The molecule has 1 heterocycles. The van der Waals surface area contributed by atoms with Gasteiger partial charge in [0.05, 0.1) is 6.42 Å². The van der Waals surface area contributed by atoms with Crippen LogP contribution in [0.3, 0.4) is 0 Å². The lowest BCUT2D eigenvalue weighted by Crippen LogP contribution is -2.43. The molecule has 1 aliphatic heterocycles. The largest absolute Gasteiger partial charge is 0.381 e. The summed E-state index contributed by atoms with van der Waals surface area (Å²) in [5.74, 6) is 5.72. The summed E-state index contributed by atoms with van der Waals surface area (Å²) in [6.07, 6.45) is 1.81. The van der Waals surface area contributed by atoms with Crippen molar-refractivity contribution in [3.63, 3.8) is 0 Å². The van der Waals surface area contributed by atoms with Crippen LogP contribution in [0.5, 0.6) is 0 Å². The molecule has 1 fully saturated rings. The summed E-state index contributed by atoms with van der Waals surface area (Å²) in [5.41, 5.74) is 5.33. The first-order valence-electron chi connectivity index (χ1n) is 4.96. The highest BCUT2D eigenvalue weighted by Crippen LogP contribution is 2.31. The summed E-state index contributed by atoms with van der Waals surface area (Å²) >= 11 is 0. The molecule has 0 aliphatic carbocycles. The van der Waals surface area contributed by atoms with Gasteiger partial charge in [-0.1, -0.05) is 5.92 Å². The minimum atomic E-state index is -0.359. The van der Waals surface area contributed by atoms with Gasteiger partial charge in [0.15, 0.2) is 5.78 Å². The molecule has 0 unspecified atom stereocenters. The lowest BCUT2D eigenvalue weighted by atomic mass is 9.75. The number of Topliss-reactive ketones (excluding diaryl/α,β-unsaturated/α-hetero) is 1. The van der Waals surface area contributed by atoms with Crippen LogP contribution in [-0.2, 0) is 9.53 Å². The highest BCUT2D eigenvalue weighted by Gasteiger charge is 2.37. The van der Waals surface area contributed by atoms with Crippen molar-refractivity contribution in [2.45, 2.75) is 26.2 Å². The van der Waals surface area contributed by atoms with E-state index in [1.54, 1.807) is 6.92 Å². The van der Waals surface area contributed by atoms with Crippen molar-refractivity contribution in [3.8, 4) is 11.8 Å². The maximum atomic E-state index is 11.9. The maximum absolute atomic E-state index is 11.9. The summed E-state index contributed by atoms with van der Waals surface area (Å²) in [6, 6.07) is 0. The smallest absolute Gasteiger partial charge is 0.152 e. The van der Waals surface area contributed by atoms with E-state index in [9.17, 15) is 4.79 Å². The van der Waals surface area contributed by atoms with Crippen LogP contribution in [0.15, 0.2) is 0 Å². The van der Waals surface area contributed by atoms with Crippen molar-refractivity contribution >= 4 is 5.78 Å². The van der Waals surface area contributed by atoms with E-state index in [4.69, 9.17) is 10.5 Å². The van der Waals surface area contributed by atoms with Gasteiger partial charge in [0.1, 0.15) is 0 Å². The quantitative estimate of drug-likeness (QED) is 0.675. The van der Waals surface area contributed by atoms with Crippen molar-refractivity contribution in [2.75, 3.05) is 19.8 Å². The van der Waals surface area contributed by atoms with E-state index in [-0.39, 0.29) is 11.2 Å². The minimum Gasteiger partial charge on any atom is -0.381 e. The maximum Gasteiger partial charge on any atom is 0.152 e. The van der Waals surface area contributed by atoms with Crippen LogP contribution in [0, 0.1) is 17.3 Å². The van der Waals surface area contributed by atoms with Crippen LogP contribution >= 0.6 is 0 Å². The zero-order valence-corrected chi connectivity index (χ0v) is 8.64. The van der Waals surface area contributed by atoms with Crippen LogP contribution < -0.4 is 5.73 Å². The molecule has 2 N–H and O–H groups in total. The van der Waals surface area contributed by atoms with Crippen LogP contribution in [0.25, 0.3) is 0 Å². The van der Waals surface area contributed by atoms with Gasteiger partial charge in [-0.3, -0.25) is 4.79 Å². The Balaban J connectivity index is 2.65. The summed E-state index contributed by atoms with van der Waals surface area (Å²) in [7, 11) is 0. The molecular formula is C11H17NO2. The Bertz CT molecular complexity index is 256. The third-order valence-electron chi connectivity index (χ3n) is 2.86. The van der Waals surface area contributed by atoms with Gasteiger partial charge in [-0.2, -0.15) is 0 Å². The standard InChI is InChI=1S/C11H17NO2/c1-2-3-4-10(13)11(9-12)5-7-14-8-6-11/h4-9,12H2,1H3. The molecule has 78 valence electrons. The highest BCUT2D eigenvalue weighted by molar-refractivity contribution is 5.87. The number of rotatable bonds is 3. The van der Waals surface area contributed by atoms with Gasteiger partial charge >= 0.3 is 0 Å². The molecule has 3 nitrogen and oxygen atoms in total. The Labute approximate surface area is 85.0 Å². The summed E-state index contributed by atoms with van der Waals surface area (Å²) in [5, 5.41) is 0. The van der Waals surface area contributed by atoms with E-state index in [1.807, 2.05) is 0 Å². The molecule has 1 aliphatic rings. The van der Waals surface area contributed by atoms with E-state index in [0.29, 0.717) is 26.2 Å². The van der Waals surface area contributed by atoms with Crippen LogP contribution in [0.4, 0.5) is 0 Å². The number of hydrogen-bond acceptors (Lipinski definition) is 3. The molecule has 0 amide bonds. The monoisotopic (exact) mass is 195 g/mol. The zero-order chi connectivity index (χ0) is 10.4. The van der Waals surface area contributed by atoms with Crippen molar-refractivity contribution in [1.29, 1.82) is 0 Å². The Hall–Kier alpha value is -0.850. The normalized spacial score (nSPS) is 19.6. The third-order valence-corrected chi connectivity index (χ3v) is 2.86. The third kappa shape index (κ3) is 2.34. The molecular weight excluding hydrogens is 178 g/mol. The Morgan fingerprint density at radius 2 is 2.14 bits per heavy atom. The molecule has 0 aromatic rings. The number of ketones is 1. The Morgan fingerprint density at radius 3 is 2.64 bits per heavy atom. The number of ether oxygens (including phenoxy) is 1. The molecule has 0 aromatic carbocycles. The SMILES string of the molecule is CC#CCC(=O)C1(CN)CCOCC1. The van der Waals surface area contributed by atoms with E-state index in [1.165, 1.54) is 0 Å². The number of nitrogens with two attached hydrogens (primary N) is 1. The molecule has 3 heteroatoms. The van der Waals surface area contributed by atoms with Gasteiger partial charge in [0.25, 0.3) is 0 Å². The van der Waals surface area contributed by atoms with Gasteiger partial charge in [0, 0.05) is 25.2 Å².